The summed E-state index contributed by atoms with van der Waals surface area (Å²) >= 11 is 0. The van der Waals surface area contributed by atoms with Gasteiger partial charge in [0.15, 0.2) is 0 Å². The number of carboxylic acid groups (broad SMARTS) is 1. The summed E-state index contributed by atoms with van der Waals surface area (Å²) in [5.41, 5.74) is 0.502. The number of carbonyl (C=O) groups is 2. The molecule has 7 heteroatoms. The van der Waals surface area contributed by atoms with Crippen LogP contribution in [0.25, 0.3) is 0 Å². The van der Waals surface area contributed by atoms with Crippen molar-refractivity contribution in [1.82, 2.24) is 9.88 Å². The zero-order chi connectivity index (χ0) is 13.8. The molecule has 1 aromatic rings. The number of urea groups is 1. The fraction of sp³-hybridized carbons (Fsp3) is 0.417. The van der Waals surface area contributed by atoms with E-state index in [1.54, 1.807) is 12.1 Å². The van der Waals surface area contributed by atoms with E-state index in [0.717, 1.165) is 0 Å². The molecule has 2 N–H and O–H groups in total. The van der Waals surface area contributed by atoms with Crippen LogP contribution in [0.3, 0.4) is 0 Å². The SMILES string of the molecule is COc1ccc(NC(=O)N2CCC[C@H]2C(=O)O)cn1. The molecule has 0 aromatic carbocycles. The number of aromatic nitrogens is 1. The number of hydrogen-bond acceptors (Lipinski definition) is 4. The van der Waals surface area contributed by atoms with Crippen LogP contribution in [0.15, 0.2) is 18.3 Å². The fourth-order valence-corrected chi connectivity index (χ4v) is 2.04. The van der Waals surface area contributed by atoms with E-state index in [2.05, 4.69) is 10.3 Å². The first-order valence-corrected chi connectivity index (χ1v) is 5.92. The Hall–Kier alpha value is -2.31. The van der Waals surface area contributed by atoms with Crippen molar-refractivity contribution in [2.75, 3.05) is 19.0 Å². The van der Waals surface area contributed by atoms with E-state index in [-0.39, 0.29) is 0 Å². The lowest BCUT2D eigenvalue weighted by molar-refractivity contribution is -0.141. The summed E-state index contributed by atoms with van der Waals surface area (Å²) in [6.07, 6.45) is 2.65. The minimum Gasteiger partial charge on any atom is -0.481 e. The van der Waals surface area contributed by atoms with E-state index in [1.165, 1.54) is 18.2 Å². The Labute approximate surface area is 110 Å². The summed E-state index contributed by atoms with van der Waals surface area (Å²) in [7, 11) is 1.50. The van der Waals surface area contributed by atoms with Crippen LogP contribution in [0.1, 0.15) is 12.8 Å². The van der Waals surface area contributed by atoms with Gasteiger partial charge in [-0.05, 0) is 18.9 Å². The summed E-state index contributed by atoms with van der Waals surface area (Å²) in [5.74, 6) is -0.525. The van der Waals surface area contributed by atoms with Crippen molar-refractivity contribution >= 4 is 17.7 Å². The maximum absolute atomic E-state index is 12.0. The molecule has 1 atom stereocenters. The van der Waals surface area contributed by atoms with Crippen molar-refractivity contribution in [3.05, 3.63) is 18.3 Å². The van der Waals surface area contributed by atoms with Gasteiger partial charge in [-0.3, -0.25) is 0 Å². The number of amides is 2. The Bertz CT molecular complexity index is 474. The molecule has 0 radical (unpaired) electrons. The van der Waals surface area contributed by atoms with E-state index in [1.807, 2.05) is 0 Å². The van der Waals surface area contributed by atoms with E-state index in [4.69, 9.17) is 9.84 Å². The third-order valence-electron chi connectivity index (χ3n) is 3.00. The number of anilines is 1. The lowest BCUT2D eigenvalue weighted by atomic mass is 10.2. The number of carboxylic acids is 1. The molecular formula is C12H15N3O4. The second kappa shape index (κ2) is 5.55. The van der Waals surface area contributed by atoms with Gasteiger partial charge in [0.05, 0.1) is 19.0 Å². The number of carbonyl (C=O) groups excluding carboxylic acids is 1. The molecule has 19 heavy (non-hydrogen) atoms. The number of nitrogens with zero attached hydrogens (tertiary/aromatic N) is 2. The van der Waals surface area contributed by atoms with Crippen molar-refractivity contribution in [3.63, 3.8) is 0 Å². The monoisotopic (exact) mass is 265 g/mol. The molecule has 0 aliphatic carbocycles. The molecule has 1 aliphatic rings. The van der Waals surface area contributed by atoms with Crippen LogP contribution in [0.2, 0.25) is 0 Å². The molecule has 2 rings (SSSR count). The van der Waals surface area contributed by atoms with E-state index in [0.29, 0.717) is 31.0 Å². The van der Waals surface area contributed by atoms with E-state index in [9.17, 15) is 9.59 Å². The molecule has 0 unspecified atom stereocenters. The molecule has 1 saturated heterocycles. The van der Waals surface area contributed by atoms with Crippen LogP contribution < -0.4 is 10.1 Å². The number of methoxy groups -OCH3 is 1. The highest BCUT2D eigenvalue weighted by atomic mass is 16.5. The first kappa shape index (κ1) is 13.1. The molecule has 1 aliphatic heterocycles. The summed E-state index contributed by atoms with van der Waals surface area (Å²) in [6.45, 7) is 0.451. The first-order chi connectivity index (χ1) is 9.11. The summed E-state index contributed by atoms with van der Waals surface area (Å²) < 4.78 is 4.91. The quantitative estimate of drug-likeness (QED) is 0.856. The smallest absolute Gasteiger partial charge is 0.326 e. The van der Waals surface area contributed by atoms with Gasteiger partial charge < -0.3 is 20.1 Å². The van der Waals surface area contributed by atoms with Crippen molar-refractivity contribution in [2.45, 2.75) is 18.9 Å². The highest BCUT2D eigenvalue weighted by Gasteiger charge is 2.33. The Morgan fingerprint density at radius 2 is 2.32 bits per heavy atom. The number of rotatable bonds is 3. The van der Waals surface area contributed by atoms with Crippen LogP contribution in [0.4, 0.5) is 10.5 Å². The second-order valence-corrected chi connectivity index (χ2v) is 4.21. The number of pyridine rings is 1. The van der Waals surface area contributed by atoms with Crippen LogP contribution in [-0.4, -0.2) is 46.7 Å². The normalized spacial score (nSPS) is 18.2. The van der Waals surface area contributed by atoms with Gasteiger partial charge in [-0.2, -0.15) is 0 Å². The highest BCUT2D eigenvalue weighted by Crippen LogP contribution is 2.19. The lowest BCUT2D eigenvalue weighted by Gasteiger charge is -2.21. The predicted octanol–water partition coefficient (Wildman–Crippen LogP) is 1.17. The molecule has 2 heterocycles. The van der Waals surface area contributed by atoms with Crippen LogP contribution in [0, 0.1) is 0 Å². The Balaban J connectivity index is 2.01. The van der Waals surface area contributed by atoms with Crippen LogP contribution >= 0.6 is 0 Å². The molecule has 0 bridgehead atoms. The molecular weight excluding hydrogens is 250 g/mol. The Morgan fingerprint density at radius 1 is 1.53 bits per heavy atom. The van der Waals surface area contributed by atoms with Gasteiger partial charge in [0, 0.05) is 12.6 Å². The summed E-state index contributed by atoms with van der Waals surface area (Å²) in [4.78, 5) is 28.3. The third-order valence-corrected chi connectivity index (χ3v) is 3.00. The second-order valence-electron chi connectivity index (χ2n) is 4.21. The fourth-order valence-electron chi connectivity index (χ4n) is 2.04. The minimum absolute atomic E-state index is 0.420. The van der Waals surface area contributed by atoms with Gasteiger partial charge in [-0.15, -0.1) is 0 Å². The maximum atomic E-state index is 12.0. The minimum atomic E-state index is -0.972. The van der Waals surface area contributed by atoms with Gasteiger partial charge >= 0.3 is 12.0 Å². The van der Waals surface area contributed by atoms with Gasteiger partial charge in [0.2, 0.25) is 5.88 Å². The molecule has 0 spiro atoms. The number of aliphatic carboxylic acids is 1. The maximum Gasteiger partial charge on any atom is 0.326 e. The standard InChI is InChI=1S/C12H15N3O4/c1-19-10-5-4-8(7-13-10)14-12(18)15-6-2-3-9(15)11(16)17/h4-5,7,9H,2-3,6H2,1H3,(H,14,18)(H,16,17)/t9-/m0/s1. The number of likely N-dealkylation sites (tertiary alicyclic amines) is 1. The van der Waals surface area contributed by atoms with Gasteiger partial charge in [0.1, 0.15) is 6.04 Å². The Kier molecular flexibility index (Phi) is 3.84. The van der Waals surface area contributed by atoms with E-state index < -0.39 is 18.0 Å². The van der Waals surface area contributed by atoms with E-state index >= 15 is 0 Å². The summed E-state index contributed by atoms with van der Waals surface area (Å²) in [6, 6.07) is 2.10. The third kappa shape index (κ3) is 2.93. The van der Waals surface area contributed by atoms with Crippen LogP contribution in [-0.2, 0) is 4.79 Å². The molecule has 102 valence electrons. The average molecular weight is 265 g/mol. The van der Waals surface area contributed by atoms with Crippen molar-refractivity contribution in [2.24, 2.45) is 0 Å². The highest BCUT2D eigenvalue weighted by molar-refractivity contribution is 5.92. The topological polar surface area (TPSA) is 91.8 Å². The lowest BCUT2D eigenvalue weighted by Crippen LogP contribution is -2.42. The number of nitrogens with one attached hydrogen (secondary N) is 1. The molecule has 0 saturated carbocycles. The van der Waals surface area contributed by atoms with Crippen LogP contribution in [0.5, 0.6) is 5.88 Å². The molecule has 7 nitrogen and oxygen atoms in total. The zero-order valence-corrected chi connectivity index (χ0v) is 10.5. The van der Waals surface area contributed by atoms with Crippen molar-refractivity contribution < 1.29 is 19.4 Å². The molecule has 1 fully saturated rings. The average Bonchev–Trinajstić information content (AvgIpc) is 2.89. The van der Waals surface area contributed by atoms with Gasteiger partial charge in [0.25, 0.3) is 0 Å². The first-order valence-electron chi connectivity index (χ1n) is 5.92. The van der Waals surface area contributed by atoms with Crippen molar-refractivity contribution in [1.29, 1.82) is 0 Å². The largest absolute Gasteiger partial charge is 0.481 e. The predicted molar refractivity (Wildman–Crippen MR) is 67.2 cm³/mol. The molecule has 1 aromatic heterocycles. The Morgan fingerprint density at radius 3 is 2.89 bits per heavy atom. The van der Waals surface area contributed by atoms with Gasteiger partial charge in [-0.1, -0.05) is 0 Å². The number of ether oxygens (including phenoxy) is 1. The zero-order valence-electron chi connectivity index (χ0n) is 10.5. The van der Waals surface area contributed by atoms with Crippen molar-refractivity contribution in [3.8, 4) is 5.88 Å². The summed E-state index contributed by atoms with van der Waals surface area (Å²) in [5, 5.41) is 11.6. The molecule has 2 amide bonds. The van der Waals surface area contributed by atoms with Gasteiger partial charge in [-0.25, -0.2) is 14.6 Å². The number of hydrogen-bond donors (Lipinski definition) is 2.